The van der Waals surface area contributed by atoms with E-state index >= 15 is 0 Å². The summed E-state index contributed by atoms with van der Waals surface area (Å²) in [7, 11) is 3.52. The first-order chi connectivity index (χ1) is 12.1. The van der Waals surface area contributed by atoms with Gasteiger partial charge in [-0.3, -0.25) is 14.7 Å². The Morgan fingerprint density at radius 2 is 2.24 bits per heavy atom. The highest BCUT2D eigenvalue weighted by molar-refractivity contribution is 5.76. The van der Waals surface area contributed by atoms with Gasteiger partial charge in [0, 0.05) is 58.1 Å². The number of carbonyl (C=O) groups excluding carboxylic acids is 1. The molecule has 0 aliphatic carbocycles. The molecule has 6 heteroatoms. The van der Waals surface area contributed by atoms with E-state index in [0.717, 1.165) is 45.5 Å². The van der Waals surface area contributed by atoms with E-state index in [4.69, 9.17) is 9.47 Å². The fourth-order valence-corrected chi connectivity index (χ4v) is 3.95. The molecule has 138 valence electrons. The maximum Gasteiger partial charge on any atom is 0.248 e. The number of fused-ring (bicyclic) bond motifs is 1. The Morgan fingerprint density at radius 1 is 1.44 bits per heavy atom. The molecule has 0 aromatic carbocycles. The van der Waals surface area contributed by atoms with E-state index in [-0.39, 0.29) is 24.0 Å². The lowest BCUT2D eigenvalue weighted by Gasteiger charge is -2.50. The summed E-state index contributed by atoms with van der Waals surface area (Å²) in [4.78, 5) is 20.0. The molecule has 6 nitrogen and oxygen atoms in total. The minimum atomic E-state index is -0.00385. The Morgan fingerprint density at radius 3 is 3.00 bits per heavy atom. The molecule has 2 fully saturated rings. The molecular weight excluding hydrogens is 318 g/mol. The van der Waals surface area contributed by atoms with Crippen molar-refractivity contribution < 1.29 is 14.3 Å². The van der Waals surface area contributed by atoms with Crippen molar-refractivity contribution in [1.29, 1.82) is 0 Å². The Hall–Kier alpha value is -1.50. The van der Waals surface area contributed by atoms with Gasteiger partial charge in [-0.05, 0) is 37.0 Å². The molecule has 2 aliphatic heterocycles. The highest BCUT2D eigenvalue weighted by Gasteiger charge is 2.46. The zero-order valence-electron chi connectivity index (χ0n) is 15.3. The van der Waals surface area contributed by atoms with Gasteiger partial charge >= 0.3 is 0 Å². The number of rotatable bonds is 6. The van der Waals surface area contributed by atoms with E-state index in [2.05, 4.69) is 22.0 Å². The van der Waals surface area contributed by atoms with Gasteiger partial charge in [-0.1, -0.05) is 0 Å². The van der Waals surface area contributed by atoms with Gasteiger partial charge < -0.3 is 14.4 Å². The normalized spacial score (nSPS) is 26.9. The van der Waals surface area contributed by atoms with Crippen molar-refractivity contribution in [3.63, 3.8) is 0 Å². The largest absolute Gasteiger partial charge is 0.377 e. The second kappa shape index (κ2) is 8.25. The molecule has 0 N–H and O–H groups in total. The van der Waals surface area contributed by atoms with Crippen molar-refractivity contribution in [2.75, 3.05) is 47.0 Å². The molecule has 2 aliphatic rings. The van der Waals surface area contributed by atoms with Gasteiger partial charge in [0.1, 0.15) is 6.61 Å². The molecule has 0 spiro atoms. The van der Waals surface area contributed by atoms with Crippen molar-refractivity contribution in [3.05, 3.63) is 30.1 Å². The first-order valence-corrected chi connectivity index (χ1v) is 9.10. The Balaban J connectivity index is 1.63. The van der Waals surface area contributed by atoms with Gasteiger partial charge in [-0.15, -0.1) is 0 Å². The van der Waals surface area contributed by atoms with E-state index < -0.39 is 0 Å². The third-order valence-electron chi connectivity index (χ3n) is 5.34. The summed E-state index contributed by atoms with van der Waals surface area (Å²) in [6.07, 6.45) is 7.11. The predicted octanol–water partition coefficient (Wildman–Crippen LogP) is 1.56. The molecule has 3 heterocycles. The molecule has 1 aromatic heterocycles. The van der Waals surface area contributed by atoms with Crippen LogP contribution in [0.1, 0.15) is 24.8 Å². The molecule has 2 atom stereocenters. The van der Waals surface area contributed by atoms with Gasteiger partial charge in [0.05, 0.1) is 12.7 Å². The number of hydrogen-bond donors (Lipinski definition) is 0. The zero-order valence-corrected chi connectivity index (χ0v) is 15.3. The zero-order chi connectivity index (χ0) is 17.7. The van der Waals surface area contributed by atoms with Gasteiger partial charge in [0.15, 0.2) is 0 Å². The Bertz CT molecular complexity index is 566. The quantitative estimate of drug-likeness (QED) is 0.782. The van der Waals surface area contributed by atoms with Crippen LogP contribution in [0, 0.1) is 5.41 Å². The number of carbonyl (C=O) groups is 1. The number of aromatic nitrogens is 1. The van der Waals surface area contributed by atoms with Crippen LogP contribution in [0.5, 0.6) is 0 Å². The summed E-state index contributed by atoms with van der Waals surface area (Å²) in [6, 6.07) is 4.14. The number of pyridine rings is 1. The number of piperidine rings is 1. The molecule has 0 radical (unpaired) electrons. The van der Waals surface area contributed by atoms with E-state index in [1.54, 1.807) is 19.0 Å². The molecule has 1 aromatic rings. The van der Waals surface area contributed by atoms with Gasteiger partial charge in [0.2, 0.25) is 5.91 Å². The third kappa shape index (κ3) is 4.57. The van der Waals surface area contributed by atoms with Crippen molar-refractivity contribution in [3.8, 4) is 0 Å². The predicted molar refractivity (Wildman–Crippen MR) is 95.1 cm³/mol. The summed E-state index contributed by atoms with van der Waals surface area (Å²) in [5.41, 5.74) is 1.28. The second-order valence-corrected chi connectivity index (χ2v) is 7.46. The second-order valence-electron chi connectivity index (χ2n) is 7.46. The lowest BCUT2D eigenvalue weighted by Crippen LogP contribution is -2.56. The fraction of sp³-hybridized carbons (Fsp3) is 0.684. The highest BCUT2D eigenvalue weighted by Crippen LogP contribution is 2.40. The van der Waals surface area contributed by atoms with Crippen LogP contribution in [0.2, 0.25) is 0 Å². The third-order valence-corrected chi connectivity index (χ3v) is 5.34. The van der Waals surface area contributed by atoms with Crippen molar-refractivity contribution >= 4 is 5.91 Å². The Labute approximate surface area is 150 Å². The van der Waals surface area contributed by atoms with E-state index in [9.17, 15) is 4.79 Å². The van der Waals surface area contributed by atoms with Crippen molar-refractivity contribution in [2.45, 2.75) is 31.9 Å². The summed E-state index contributed by atoms with van der Waals surface area (Å²) in [5, 5.41) is 0. The first kappa shape index (κ1) is 18.3. The topological polar surface area (TPSA) is 54.9 Å². The number of nitrogens with zero attached hydrogens (tertiary/aromatic N) is 3. The van der Waals surface area contributed by atoms with Crippen molar-refractivity contribution in [1.82, 2.24) is 14.8 Å². The van der Waals surface area contributed by atoms with Gasteiger partial charge in [-0.25, -0.2) is 0 Å². The lowest BCUT2D eigenvalue weighted by atomic mass is 9.73. The first-order valence-electron chi connectivity index (χ1n) is 9.10. The van der Waals surface area contributed by atoms with Crippen LogP contribution >= 0.6 is 0 Å². The SMILES string of the molecule is CN(C)C(=O)COC[C@@]12CCCO[C@H]1CCN(Cc1ccncc1)C2. The maximum absolute atomic E-state index is 11.8. The highest BCUT2D eigenvalue weighted by atomic mass is 16.5. The van der Waals surface area contributed by atoms with Gasteiger partial charge in [-0.2, -0.15) is 0 Å². The van der Waals surface area contributed by atoms with Crippen LogP contribution in [0.25, 0.3) is 0 Å². The standard InChI is InChI=1S/C19H29N3O3/c1-21(2)18(23)13-24-15-19-7-3-11-25-17(19)6-10-22(14-19)12-16-4-8-20-9-5-16/h4-5,8-9,17H,3,6-7,10-15H2,1-2H3/t17-,19-/m0/s1. The Kier molecular flexibility index (Phi) is 6.04. The minimum absolute atomic E-state index is 0.00385. The number of likely N-dealkylation sites (tertiary alicyclic amines) is 1. The summed E-state index contributed by atoms with van der Waals surface area (Å²) < 4.78 is 11.9. The fourth-order valence-electron chi connectivity index (χ4n) is 3.95. The van der Waals surface area contributed by atoms with E-state index in [0.29, 0.717) is 6.61 Å². The number of likely N-dealkylation sites (N-methyl/N-ethyl adjacent to an activating group) is 1. The number of hydrogen-bond acceptors (Lipinski definition) is 5. The molecule has 0 bridgehead atoms. The van der Waals surface area contributed by atoms with Gasteiger partial charge in [0.25, 0.3) is 0 Å². The summed E-state index contributed by atoms with van der Waals surface area (Å²) in [6.45, 7) is 4.48. The van der Waals surface area contributed by atoms with Crippen molar-refractivity contribution in [2.24, 2.45) is 5.41 Å². The molecule has 1 amide bonds. The van der Waals surface area contributed by atoms with Crippen LogP contribution in [-0.2, 0) is 20.8 Å². The molecule has 2 saturated heterocycles. The number of ether oxygens (including phenoxy) is 2. The summed E-state index contributed by atoms with van der Waals surface area (Å²) >= 11 is 0. The monoisotopic (exact) mass is 347 g/mol. The molecular formula is C19H29N3O3. The summed E-state index contributed by atoms with van der Waals surface area (Å²) in [5.74, 6) is 0.00845. The lowest BCUT2D eigenvalue weighted by molar-refractivity contribution is -0.160. The van der Waals surface area contributed by atoms with Crippen LogP contribution in [0.4, 0.5) is 0 Å². The van der Waals surface area contributed by atoms with Crippen LogP contribution < -0.4 is 0 Å². The van der Waals surface area contributed by atoms with Crippen LogP contribution in [-0.4, -0.2) is 73.8 Å². The minimum Gasteiger partial charge on any atom is -0.377 e. The van der Waals surface area contributed by atoms with Crippen LogP contribution in [0.3, 0.4) is 0 Å². The average Bonchev–Trinajstić information content (AvgIpc) is 2.62. The molecule has 3 rings (SSSR count). The smallest absolute Gasteiger partial charge is 0.248 e. The average molecular weight is 347 g/mol. The number of amides is 1. The maximum atomic E-state index is 11.8. The molecule has 0 saturated carbocycles. The van der Waals surface area contributed by atoms with Crippen LogP contribution in [0.15, 0.2) is 24.5 Å². The van der Waals surface area contributed by atoms with E-state index in [1.165, 1.54) is 5.56 Å². The molecule has 25 heavy (non-hydrogen) atoms. The molecule has 0 unspecified atom stereocenters. The van der Waals surface area contributed by atoms with E-state index in [1.807, 2.05) is 12.4 Å².